The number of nitrogens with one attached hydrogen (secondary N) is 2. The van der Waals surface area contributed by atoms with E-state index < -0.39 is 16.1 Å². The number of carbonyl (C=O) groups is 1. The van der Waals surface area contributed by atoms with E-state index in [1.54, 1.807) is 31.2 Å². The SMILES string of the molecule is CCS(=O)(=O)Nc1ccc(NC(=O)C(N)COC)cc1.Cl. The Hall–Kier alpha value is -1.35. The first-order chi connectivity index (χ1) is 9.38. The summed E-state index contributed by atoms with van der Waals surface area (Å²) >= 11 is 0. The van der Waals surface area contributed by atoms with Crippen LogP contribution in [0.15, 0.2) is 24.3 Å². The fourth-order valence-corrected chi connectivity index (χ4v) is 2.00. The van der Waals surface area contributed by atoms with Gasteiger partial charge in [0.25, 0.3) is 0 Å². The van der Waals surface area contributed by atoms with Gasteiger partial charge in [0.1, 0.15) is 6.04 Å². The zero-order valence-corrected chi connectivity index (χ0v) is 13.5. The number of benzene rings is 1. The lowest BCUT2D eigenvalue weighted by molar-refractivity contribution is -0.118. The van der Waals surface area contributed by atoms with E-state index in [-0.39, 0.29) is 30.7 Å². The van der Waals surface area contributed by atoms with Crippen LogP contribution >= 0.6 is 12.4 Å². The van der Waals surface area contributed by atoms with Gasteiger partial charge in [-0.15, -0.1) is 12.4 Å². The van der Waals surface area contributed by atoms with Crippen molar-refractivity contribution in [2.75, 3.05) is 29.5 Å². The molecule has 0 saturated carbocycles. The number of sulfonamides is 1. The average molecular weight is 338 g/mol. The average Bonchev–Trinajstić information content (AvgIpc) is 2.41. The summed E-state index contributed by atoms with van der Waals surface area (Å²) in [7, 11) is -1.84. The minimum absolute atomic E-state index is 0. The molecule has 0 fully saturated rings. The Balaban J connectivity index is 0.00000400. The molecule has 1 amide bonds. The highest BCUT2D eigenvalue weighted by atomic mass is 35.5. The fourth-order valence-electron chi connectivity index (χ4n) is 1.36. The van der Waals surface area contributed by atoms with Gasteiger partial charge in [-0.3, -0.25) is 9.52 Å². The summed E-state index contributed by atoms with van der Waals surface area (Å²) in [5.74, 6) is -0.370. The Morgan fingerprint density at radius 2 is 1.81 bits per heavy atom. The standard InChI is InChI=1S/C12H19N3O4S.ClH/c1-3-20(17,18)15-10-6-4-9(5-7-10)14-12(16)11(13)8-19-2;/h4-7,11,15H,3,8,13H2,1-2H3,(H,14,16);1H. The topological polar surface area (TPSA) is 111 Å². The van der Waals surface area contributed by atoms with Gasteiger partial charge in [-0.2, -0.15) is 0 Å². The minimum Gasteiger partial charge on any atom is -0.383 e. The molecule has 0 heterocycles. The number of nitrogens with two attached hydrogens (primary N) is 1. The van der Waals surface area contributed by atoms with Crippen molar-refractivity contribution in [3.63, 3.8) is 0 Å². The molecular formula is C12H20ClN3O4S. The lowest BCUT2D eigenvalue weighted by Crippen LogP contribution is -2.39. The van der Waals surface area contributed by atoms with Crippen LogP contribution < -0.4 is 15.8 Å². The highest BCUT2D eigenvalue weighted by molar-refractivity contribution is 7.92. The maximum Gasteiger partial charge on any atom is 0.243 e. The smallest absolute Gasteiger partial charge is 0.243 e. The number of amides is 1. The third-order valence-corrected chi connectivity index (χ3v) is 3.80. The molecule has 0 saturated heterocycles. The van der Waals surface area contributed by atoms with E-state index in [0.29, 0.717) is 11.4 Å². The lowest BCUT2D eigenvalue weighted by Gasteiger charge is -2.12. The second-order valence-electron chi connectivity index (χ2n) is 4.13. The van der Waals surface area contributed by atoms with Crippen molar-refractivity contribution in [3.05, 3.63) is 24.3 Å². The molecule has 0 aliphatic carbocycles. The number of carbonyl (C=O) groups excluding carboxylic acids is 1. The molecule has 1 atom stereocenters. The molecule has 0 spiro atoms. The third kappa shape index (κ3) is 6.76. The highest BCUT2D eigenvalue weighted by Gasteiger charge is 2.13. The van der Waals surface area contributed by atoms with Crippen LogP contribution in [0.25, 0.3) is 0 Å². The molecule has 1 rings (SSSR count). The van der Waals surface area contributed by atoms with Gasteiger partial charge in [0.15, 0.2) is 0 Å². The summed E-state index contributed by atoms with van der Waals surface area (Å²) in [6.45, 7) is 1.67. The van der Waals surface area contributed by atoms with Gasteiger partial charge in [0, 0.05) is 18.5 Å². The second-order valence-corrected chi connectivity index (χ2v) is 6.14. The largest absolute Gasteiger partial charge is 0.383 e. The minimum atomic E-state index is -3.30. The van der Waals surface area contributed by atoms with Crippen molar-refractivity contribution in [3.8, 4) is 0 Å². The summed E-state index contributed by atoms with van der Waals surface area (Å²) in [4.78, 5) is 11.6. The third-order valence-electron chi connectivity index (χ3n) is 2.49. The van der Waals surface area contributed by atoms with Gasteiger partial charge in [-0.1, -0.05) is 0 Å². The van der Waals surface area contributed by atoms with Gasteiger partial charge in [-0.25, -0.2) is 8.42 Å². The van der Waals surface area contributed by atoms with Crippen LogP contribution in [-0.4, -0.2) is 39.8 Å². The predicted molar refractivity (Wildman–Crippen MR) is 85.3 cm³/mol. The quantitative estimate of drug-likeness (QED) is 0.681. The van der Waals surface area contributed by atoms with E-state index in [1.165, 1.54) is 7.11 Å². The molecule has 0 aromatic heterocycles. The van der Waals surface area contributed by atoms with Crippen LogP contribution in [0, 0.1) is 0 Å². The molecule has 4 N–H and O–H groups in total. The van der Waals surface area contributed by atoms with E-state index in [1.807, 2.05) is 0 Å². The van der Waals surface area contributed by atoms with Crippen molar-refractivity contribution in [2.45, 2.75) is 13.0 Å². The van der Waals surface area contributed by atoms with E-state index >= 15 is 0 Å². The van der Waals surface area contributed by atoms with Crippen LogP contribution in [-0.2, 0) is 19.6 Å². The van der Waals surface area contributed by atoms with Crippen molar-refractivity contribution in [1.29, 1.82) is 0 Å². The number of methoxy groups -OCH3 is 1. The van der Waals surface area contributed by atoms with Gasteiger partial charge in [0.2, 0.25) is 15.9 Å². The second kappa shape index (κ2) is 8.83. The first-order valence-corrected chi connectivity index (χ1v) is 7.69. The summed E-state index contributed by atoms with van der Waals surface area (Å²) < 4.78 is 30.0. The Labute approximate surface area is 130 Å². The van der Waals surface area contributed by atoms with E-state index in [0.717, 1.165) is 0 Å². The fraction of sp³-hybridized carbons (Fsp3) is 0.417. The molecule has 21 heavy (non-hydrogen) atoms. The maximum absolute atomic E-state index is 11.6. The number of halogens is 1. The van der Waals surface area contributed by atoms with Crippen LogP contribution in [0.3, 0.4) is 0 Å². The van der Waals surface area contributed by atoms with Crippen LogP contribution in [0.2, 0.25) is 0 Å². The molecule has 0 aliphatic heterocycles. The molecule has 0 radical (unpaired) electrons. The van der Waals surface area contributed by atoms with E-state index in [9.17, 15) is 13.2 Å². The Morgan fingerprint density at radius 1 is 1.29 bits per heavy atom. The Bertz CT molecular complexity index is 548. The normalized spacial score (nSPS) is 12.1. The number of rotatable bonds is 7. The molecule has 1 aromatic rings. The van der Waals surface area contributed by atoms with Crippen molar-refractivity contribution < 1.29 is 17.9 Å². The molecule has 0 aliphatic rings. The zero-order chi connectivity index (χ0) is 15.2. The number of hydrogen-bond acceptors (Lipinski definition) is 5. The summed E-state index contributed by atoms with van der Waals surface area (Å²) in [5, 5.41) is 2.61. The highest BCUT2D eigenvalue weighted by Crippen LogP contribution is 2.15. The van der Waals surface area contributed by atoms with Crippen molar-refractivity contribution in [1.82, 2.24) is 0 Å². The number of ether oxygens (including phenoxy) is 1. The molecule has 120 valence electrons. The molecule has 7 nitrogen and oxygen atoms in total. The van der Waals surface area contributed by atoms with Crippen LogP contribution in [0.4, 0.5) is 11.4 Å². The van der Waals surface area contributed by atoms with E-state index in [2.05, 4.69) is 10.0 Å². The molecular weight excluding hydrogens is 318 g/mol. The number of anilines is 2. The van der Waals surface area contributed by atoms with Crippen molar-refractivity contribution >= 4 is 39.7 Å². The molecule has 1 aromatic carbocycles. The first-order valence-electron chi connectivity index (χ1n) is 6.04. The van der Waals surface area contributed by atoms with Gasteiger partial charge < -0.3 is 15.8 Å². The lowest BCUT2D eigenvalue weighted by atomic mass is 10.2. The van der Waals surface area contributed by atoms with Gasteiger partial charge in [0.05, 0.1) is 12.4 Å². The van der Waals surface area contributed by atoms with Crippen LogP contribution in [0.1, 0.15) is 6.92 Å². The Kier molecular flexibility index (Phi) is 8.26. The van der Waals surface area contributed by atoms with E-state index in [4.69, 9.17) is 10.5 Å². The monoisotopic (exact) mass is 337 g/mol. The van der Waals surface area contributed by atoms with Gasteiger partial charge >= 0.3 is 0 Å². The maximum atomic E-state index is 11.6. The van der Waals surface area contributed by atoms with Crippen LogP contribution in [0.5, 0.6) is 0 Å². The Morgan fingerprint density at radius 3 is 2.29 bits per heavy atom. The summed E-state index contributed by atoms with van der Waals surface area (Å²) in [6.07, 6.45) is 0. The summed E-state index contributed by atoms with van der Waals surface area (Å²) in [6, 6.07) is 5.55. The first kappa shape index (κ1) is 19.7. The van der Waals surface area contributed by atoms with Crippen molar-refractivity contribution in [2.24, 2.45) is 5.73 Å². The predicted octanol–water partition coefficient (Wildman–Crippen LogP) is 0.782. The molecule has 0 bridgehead atoms. The zero-order valence-electron chi connectivity index (χ0n) is 11.8. The summed E-state index contributed by atoms with van der Waals surface area (Å²) in [5.41, 5.74) is 6.54. The number of hydrogen-bond donors (Lipinski definition) is 3. The van der Waals surface area contributed by atoms with Gasteiger partial charge in [-0.05, 0) is 31.2 Å². The molecule has 9 heteroatoms. The molecule has 1 unspecified atom stereocenters.